The largest absolute Gasteiger partial charge is 0.372 e. The van der Waals surface area contributed by atoms with E-state index in [1.165, 1.54) is 11.8 Å². The molecule has 13 heavy (non-hydrogen) atoms. The van der Waals surface area contributed by atoms with Gasteiger partial charge in [-0.05, 0) is 12.1 Å². The lowest BCUT2D eigenvalue weighted by atomic mass is 10.4. The molecule has 0 saturated heterocycles. The number of carbonyl (C=O) groups is 1. The second-order valence-corrected chi connectivity index (χ2v) is 2.60. The molecule has 0 bridgehead atoms. The summed E-state index contributed by atoms with van der Waals surface area (Å²) in [5, 5.41) is 10.6. The summed E-state index contributed by atoms with van der Waals surface area (Å²) in [7, 11) is 3.42. The fourth-order valence-electron chi connectivity index (χ4n) is 0.799. The van der Waals surface area contributed by atoms with Crippen molar-refractivity contribution in [1.29, 1.82) is 0 Å². The lowest BCUT2D eigenvalue weighted by molar-refractivity contribution is -0.116. The maximum atomic E-state index is 10.9. The summed E-state index contributed by atoms with van der Waals surface area (Å²) in [5.41, 5.74) is 0. The molecule has 0 aliphatic carbocycles. The van der Waals surface area contributed by atoms with Gasteiger partial charge in [0, 0.05) is 21.0 Å². The normalized spacial score (nSPS) is 9.46. The zero-order valence-electron chi connectivity index (χ0n) is 7.90. The van der Waals surface area contributed by atoms with Gasteiger partial charge in [0.2, 0.25) is 5.91 Å². The zero-order valence-corrected chi connectivity index (χ0v) is 7.90. The first kappa shape index (κ1) is 9.44. The van der Waals surface area contributed by atoms with Gasteiger partial charge in [-0.15, -0.1) is 10.2 Å². The van der Waals surface area contributed by atoms with Crippen LogP contribution in [0.3, 0.4) is 0 Å². The van der Waals surface area contributed by atoms with E-state index in [0.29, 0.717) is 11.6 Å². The fourth-order valence-corrected chi connectivity index (χ4v) is 0.799. The van der Waals surface area contributed by atoms with E-state index < -0.39 is 0 Å². The van der Waals surface area contributed by atoms with E-state index in [1.807, 2.05) is 0 Å². The SMILES string of the molecule is CNc1ccc(N(C)C(C)=O)nn1. The predicted molar refractivity (Wildman–Crippen MR) is 50.7 cm³/mol. The molecule has 0 fully saturated rings. The summed E-state index contributed by atoms with van der Waals surface area (Å²) in [6.07, 6.45) is 0. The number of nitrogens with zero attached hydrogens (tertiary/aromatic N) is 3. The van der Waals surface area contributed by atoms with Crippen molar-refractivity contribution in [2.45, 2.75) is 6.92 Å². The Labute approximate surface area is 76.8 Å². The van der Waals surface area contributed by atoms with Crippen molar-refractivity contribution in [1.82, 2.24) is 10.2 Å². The number of amides is 1. The molecule has 1 aromatic rings. The van der Waals surface area contributed by atoms with Crippen LogP contribution in [0.25, 0.3) is 0 Å². The first-order chi connectivity index (χ1) is 6.15. The van der Waals surface area contributed by atoms with Crippen LogP contribution in [-0.2, 0) is 4.79 Å². The number of aromatic nitrogens is 2. The van der Waals surface area contributed by atoms with Crippen LogP contribution in [0, 0.1) is 0 Å². The summed E-state index contributed by atoms with van der Waals surface area (Å²) >= 11 is 0. The molecule has 1 N–H and O–H groups in total. The molecular weight excluding hydrogens is 168 g/mol. The van der Waals surface area contributed by atoms with E-state index in [2.05, 4.69) is 15.5 Å². The Morgan fingerprint density at radius 2 is 2.15 bits per heavy atom. The van der Waals surface area contributed by atoms with Gasteiger partial charge >= 0.3 is 0 Å². The van der Waals surface area contributed by atoms with Gasteiger partial charge in [0.15, 0.2) is 5.82 Å². The molecule has 0 saturated carbocycles. The Hall–Kier alpha value is -1.65. The maximum absolute atomic E-state index is 10.9. The molecule has 0 unspecified atom stereocenters. The van der Waals surface area contributed by atoms with Crippen LogP contribution in [0.1, 0.15) is 6.92 Å². The number of carbonyl (C=O) groups excluding carboxylic acids is 1. The van der Waals surface area contributed by atoms with Crippen LogP contribution in [-0.4, -0.2) is 30.2 Å². The number of nitrogens with one attached hydrogen (secondary N) is 1. The average molecular weight is 180 g/mol. The molecule has 5 nitrogen and oxygen atoms in total. The van der Waals surface area contributed by atoms with E-state index in [0.717, 1.165) is 0 Å². The Kier molecular flexibility index (Phi) is 2.79. The average Bonchev–Trinajstić information content (AvgIpc) is 2.17. The monoisotopic (exact) mass is 180 g/mol. The van der Waals surface area contributed by atoms with Gasteiger partial charge in [0.25, 0.3) is 0 Å². The van der Waals surface area contributed by atoms with Gasteiger partial charge in [0.05, 0.1) is 0 Å². The molecule has 0 aliphatic heterocycles. The summed E-state index contributed by atoms with van der Waals surface area (Å²) in [4.78, 5) is 12.4. The highest BCUT2D eigenvalue weighted by molar-refractivity contribution is 5.89. The van der Waals surface area contributed by atoms with Crippen LogP contribution in [0.5, 0.6) is 0 Å². The first-order valence-electron chi connectivity index (χ1n) is 3.91. The Morgan fingerprint density at radius 1 is 1.46 bits per heavy atom. The van der Waals surface area contributed by atoms with Crippen molar-refractivity contribution in [3.63, 3.8) is 0 Å². The predicted octanol–water partition coefficient (Wildman–Crippen LogP) is 0.501. The summed E-state index contributed by atoms with van der Waals surface area (Å²) < 4.78 is 0. The smallest absolute Gasteiger partial charge is 0.224 e. The minimum Gasteiger partial charge on any atom is -0.372 e. The molecule has 1 rings (SSSR count). The first-order valence-corrected chi connectivity index (χ1v) is 3.91. The zero-order chi connectivity index (χ0) is 9.84. The van der Waals surface area contributed by atoms with Crippen molar-refractivity contribution in [2.75, 3.05) is 24.3 Å². The van der Waals surface area contributed by atoms with Crippen LogP contribution in [0.2, 0.25) is 0 Å². The summed E-state index contributed by atoms with van der Waals surface area (Å²) in [6, 6.07) is 3.50. The Morgan fingerprint density at radius 3 is 2.54 bits per heavy atom. The van der Waals surface area contributed by atoms with Crippen molar-refractivity contribution in [2.24, 2.45) is 0 Å². The molecule has 0 aromatic carbocycles. The molecule has 70 valence electrons. The third-order valence-electron chi connectivity index (χ3n) is 1.72. The number of hydrogen-bond acceptors (Lipinski definition) is 4. The highest BCUT2D eigenvalue weighted by Crippen LogP contribution is 2.09. The number of anilines is 2. The standard InChI is InChI=1S/C8H12N4O/c1-6(13)12(3)8-5-4-7(9-2)10-11-8/h4-5H,1-3H3,(H,9,10). The molecule has 5 heteroatoms. The van der Waals surface area contributed by atoms with Gasteiger partial charge < -0.3 is 5.32 Å². The Balaban J connectivity index is 2.85. The third-order valence-corrected chi connectivity index (χ3v) is 1.72. The van der Waals surface area contributed by atoms with E-state index in [1.54, 1.807) is 26.2 Å². The number of rotatable bonds is 2. The lowest BCUT2D eigenvalue weighted by Gasteiger charge is -2.12. The van der Waals surface area contributed by atoms with Crippen LogP contribution < -0.4 is 10.2 Å². The Bertz CT molecular complexity index is 296. The van der Waals surface area contributed by atoms with Crippen LogP contribution in [0.15, 0.2) is 12.1 Å². The quantitative estimate of drug-likeness (QED) is 0.720. The molecule has 0 spiro atoms. The molecular formula is C8H12N4O. The van der Waals surface area contributed by atoms with Crippen molar-refractivity contribution >= 4 is 17.5 Å². The minimum atomic E-state index is -0.0634. The van der Waals surface area contributed by atoms with Gasteiger partial charge in [-0.25, -0.2) is 0 Å². The number of hydrogen-bond donors (Lipinski definition) is 1. The van der Waals surface area contributed by atoms with Gasteiger partial charge in [-0.1, -0.05) is 0 Å². The molecule has 1 amide bonds. The molecule has 1 aromatic heterocycles. The topological polar surface area (TPSA) is 58.1 Å². The maximum Gasteiger partial charge on any atom is 0.224 e. The van der Waals surface area contributed by atoms with Crippen molar-refractivity contribution in [3.05, 3.63) is 12.1 Å². The van der Waals surface area contributed by atoms with Crippen LogP contribution in [0.4, 0.5) is 11.6 Å². The van der Waals surface area contributed by atoms with Gasteiger partial charge in [-0.2, -0.15) is 0 Å². The van der Waals surface area contributed by atoms with Crippen molar-refractivity contribution in [3.8, 4) is 0 Å². The van der Waals surface area contributed by atoms with E-state index in [9.17, 15) is 4.79 Å². The van der Waals surface area contributed by atoms with Crippen LogP contribution >= 0.6 is 0 Å². The fraction of sp³-hybridized carbons (Fsp3) is 0.375. The van der Waals surface area contributed by atoms with Gasteiger partial charge in [-0.3, -0.25) is 9.69 Å². The van der Waals surface area contributed by atoms with Crippen molar-refractivity contribution < 1.29 is 4.79 Å². The summed E-state index contributed by atoms with van der Waals surface area (Å²) in [5.74, 6) is 1.17. The highest BCUT2D eigenvalue weighted by atomic mass is 16.2. The van der Waals surface area contributed by atoms with Gasteiger partial charge in [0.1, 0.15) is 5.82 Å². The second-order valence-electron chi connectivity index (χ2n) is 2.60. The lowest BCUT2D eigenvalue weighted by Crippen LogP contribution is -2.24. The minimum absolute atomic E-state index is 0.0634. The third kappa shape index (κ3) is 2.14. The second kappa shape index (κ2) is 3.84. The van der Waals surface area contributed by atoms with E-state index >= 15 is 0 Å². The highest BCUT2D eigenvalue weighted by Gasteiger charge is 2.06. The van der Waals surface area contributed by atoms with E-state index in [4.69, 9.17) is 0 Å². The molecule has 1 heterocycles. The molecule has 0 atom stereocenters. The molecule has 0 aliphatic rings. The molecule has 0 radical (unpaired) electrons. The summed E-state index contributed by atoms with van der Waals surface area (Å²) in [6.45, 7) is 1.48. The van der Waals surface area contributed by atoms with E-state index in [-0.39, 0.29) is 5.91 Å².